The molecule has 0 aromatic heterocycles. The van der Waals surface area contributed by atoms with Crippen LogP contribution in [0.2, 0.25) is 0 Å². The average Bonchev–Trinajstić information content (AvgIpc) is 2.27. The van der Waals surface area contributed by atoms with Crippen LogP contribution < -0.4 is 5.32 Å². The van der Waals surface area contributed by atoms with Gasteiger partial charge in [-0.3, -0.25) is 4.79 Å². The Labute approximate surface area is 92.0 Å². The van der Waals surface area contributed by atoms with Gasteiger partial charge in [0.25, 0.3) is 0 Å². The molecule has 1 rings (SSSR count). The molecule has 2 amide bonds. The molecule has 0 saturated carbocycles. The lowest BCUT2D eigenvalue weighted by atomic mass is 10.3. The van der Waals surface area contributed by atoms with Crippen LogP contribution in [0.5, 0.6) is 0 Å². The number of nitrogens with one attached hydrogen (secondary N) is 1. The van der Waals surface area contributed by atoms with Gasteiger partial charge in [-0.1, -0.05) is 23.3 Å². The number of carboxylic acids is 1. The van der Waals surface area contributed by atoms with Crippen molar-refractivity contribution >= 4 is 17.7 Å². The minimum Gasteiger partial charge on any atom is -0.480 e. The fourth-order valence-electron chi connectivity index (χ4n) is 0.874. The van der Waals surface area contributed by atoms with Crippen LogP contribution in [0.25, 0.3) is 0 Å². The van der Waals surface area contributed by atoms with Crippen molar-refractivity contribution in [3.63, 3.8) is 0 Å². The summed E-state index contributed by atoms with van der Waals surface area (Å²) in [6.45, 7) is 1.35. The second kappa shape index (κ2) is 5.59. The molecule has 0 spiro atoms. The fourth-order valence-corrected chi connectivity index (χ4v) is 0.874. The van der Waals surface area contributed by atoms with E-state index in [4.69, 9.17) is 5.11 Å². The summed E-state index contributed by atoms with van der Waals surface area (Å²) in [5.41, 5.74) is 0.528. The topological polar surface area (TPSA) is 91.1 Å². The molecule has 0 unspecified atom stereocenters. The fraction of sp³-hybridized carbons (Fsp3) is 0.200. The molecule has 0 heterocycles. The number of urea groups is 1. The number of rotatable bonds is 3. The molecule has 0 aliphatic rings. The van der Waals surface area contributed by atoms with Crippen molar-refractivity contribution in [2.45, 2.75) is 13.0 Å². The second-order valence-corrected chi connectivity index (χ2v) is 3.04. The first kappa shape index (κ1) is 11.8. The maximum absolute atomic E-state index is 11.1. The van der Waals surface area contributed by atoms with Crippen LogP contribution >= 0.6 is 0 Å². The van der Waals surface area contributed by atoms with E-state index in [9.17, 15) is 9.59 Å². The van der Waals surface area contributed by atoms with Crippen LogP contribution in [0.15, 0.2) is 40.6 Å². The normalized spacial score (nSPS) is 12.3. The van der Waals surface area contributed by atoms with Crippen molar-refractivity contribution in [2.75, 3.05) is 0 Å². The van der Waals surface area contributed by atoms with E-state index in [2.05, 4.69) is 15.5 Å². The summed E-state index contributed by atoms with van der Waals surface area (Å²) in [5, 5.41) is 17.6. The first-order valence-corrected chi connectivity index (χ1v) is 4.59. The molecule has 84 valence electrons. The van der Waals surface area contributed by atoms with Crippen LogP contribution in [0, 0.1) is 0 Å². The van der Waals surface area contributed by atoms with E-state index < -0.39 is 18.0 Å². The van der Waals surface area contributed by atoms with Gasteiger partial charge >= 0.3 is 12.0 Å². The van der Waals surface area contributed by atoms with Gasteiger partial charge in [0.2, 0.25) is 0 Å². The lowest BCUT2D eigenvalue weighted by Crippen LogP contribution is -2.36. The Morgan fingerprint density at radius 1 is 1.31 bits per heavy atom. The lowest BCUT2D eigenvalue weighted by molar-refractivity contribution is -0.138. The van der Waals surface area contributed by atoms with Gasteiger partial charge in [-0.15, -0.1) is 5.11 Å². The second-order valence-electron chi connectivity index (χ2n) is 3.04. The molecule has 6 nitrogen and oxygen atoms in total. The van der Waals surface area contributed by atoms with E-state index in [1.807, 2.05) is 6.07 Å². The number of hydrogen-bond acceptors (Lipinski definition) is 3. The summed E-state index contributed by atoms with van der Waals surface area (Å²) in [5.74, 6) is -1.12. The highest BCUT2D eigenvalue weighted by atomic mass is 16.4. The molecule has 1 aromatic rings. The third kappa shape index (κ3) is 3.87. The molecule has 0 aliphatic carbocycles. The molecular weight excluding hydrogens is 210 g/mol. The van der Waals surface area contributed by atoms with Crippen LogP contribution in [-0.2, 0) is 4.79 Å². The molecule has 0 saturated heterocycles. The monoisotopic (exact) mass is 221 g/mol. The lowest BCUT2D eigenvalue weighted by Gasteiger charge is -2.04. The summed E-state index contributed by atoms with van der Waals surface area (Å²) >= 11 is 0. The SMILES string of the molecule is C[C@@H](NC(=O)N=Nc1ccccc1)C(=O)O. The van der Waals surface area contributed by atoms with Crippen molar-refractivity contribution in [3.8, 4) is 0 Å². The van der Waals surface area contributed by atoms with E-state index in [0.29, 0.717) is 5.69 Å². The van der Waals surface area contributed by atoms with Gasteiger partial charge < -0.3 is 10.4 Å². The van der Waals surface area contributed by atoms with Crippen LogP contribution in [0.4, 0.5) is 10.5 Å². The Hall–Kier alpha value is -2.24. The molecule has 0 fully saturated rings. The maximum atomic E-state index is 11.1. The Kier molecular flexibility index (Phi) is 4.14. The Morgan fingerprint density at radius 2 is 1.94 bits per heavy atom. The average molecular weight is 221 g/mol. The zero-order chi connectivity index (χ0) is 12.0. The summed E-state index contributed by atoms with van der Waals surface area (Å²) in [6, 6.07) is 6.92. The predicted octanol–water partition coefficient (Wildman–Crippen LogP) is 1.95. The number of azo groups is 1. The minimum atomic E-state index is -1.12. The van der Waals surface area contributed by atoms with Crippen molar-refractivity contribution in [2.24, 2.45) is 10.2 Å². The Balaban J connectivity index is 2.52. The molecule has 0 bridgehead atoms. The summed E-state index contributed by atoms with van der Waals surface area (Å²) in [4.78, 5) is 21.5. The standard InChI is InChI=1S/C10H11N3O3/c1-7(9(14)15)11-10(16)13-12-8-5-3-2-4-6-8/h2-7H,1H3,(H,11,16)(H,14,15)/t7-/m1/s1. The molecule has 1 aromatic carbocycles. The smallest absolute Gasteiger partial charge is 0.360 e. The van der Waals surface area contributed by atoms with Gasteiger partial charge in [-0.05, 0) is 19.1 Å². The van der Waals surface area contributed by atoms with E-state index in [1.165, 1.54) is 6.92 Å². The zero-order valence-corrected chi connectivity index (χ0v) is 8.62. The summed E-state index contributed by atoms with van der Waals surface area (Å²) < 4.78 is 0. The largest absolute Gasteiger partial charge is 0.480 e. The predicted molar refractivity (Wildman–Crippen MR) is 56.6 cm³/mol. The number of amides is 2. The first-order chi connectivity index (χ1) is 7.59. The zero-order valence-electron chi connectivity index (χ0n) is 8.62. The highest BCUT2D eigenvalue weighted by Gasteiger charge is 2.12. The Morgan fingerprint density at radius 3 is 2.50 bits per heavy atom. The molecule has 16 heavy (non-hydrogen) atoms. The van der Waals surface area contributed by atoms with Crippen LogP contribution in [-0.4, -0.2) is 23.1 Å². The van der Waals surface area contributed by atoms with E-state index in [1.54, 1.807) is 24.3 Å². The number of benzene rings is 1. The third-order valence-corrected chi connectivity index (χ3v) is 1.72. The van der Waals surface area contributed by atoms with Crippen LogP contribution in [0.1, 0.15) is 6.92 Å². The minimum absolute atomic E-state index is 0.528. The number of aliphatic carboxylic acids is 1. The summed E-state index contributed by atoms with van der Waals surface area (Å²) in [6.07, 6.45) is 0. The van der Waals surface area contributed by atoms with Gasteiger partial charge in [0.15, 0.2) is 0 Å². The highest BCUT2D eigenvalue weighted by Crippen LogP contribution is 2.09. The van der Waals surface area contributed by atoms with Gasteiger partial charge in [-0.25, -0.2) is 4.79 Å². The van der Waals surface area contributed by atoms with Crippen molar-refractivity contribution in [3.05, 3.63) is 30.3 Å². The molecule has 0 aliphatic heterocycles. The molecule has 2 N–H and O–H groups in total. The molecular formula is C10H11N3O3. The number of hydrogen-bond donors (Lipinski definition) is 2. The van der Waals surface area contributed by atoms with Gasteiger partial charge in [0.1, 0.15) is 6.04 Å². The van der Waals surface area contributed by atoms with Gasteiger partial charge in [-0.2, -0.15) is 0 Å². The number of nitrogens with zero attached hydrogens (tertiary/aromatic N) is 2. The molecule has 1 atom stereocenters. The first-order valence-electron chi connectivity index (χ1n) is 4.59. The summed E-state index contributed by atoms with van der Waals surface area (Å²) in [7, 11) is 0. The quantitative estimate of drug-likeness (QED) is 0.764. The van der Waals surface area contributed by atoms with E-state index in [0.717, 1.165) is 0 Å². The van der Waals surface area contributed by atoms with Crippen molar-refractivity contribution in [1.82, 2.24) is 5.32 Å². The molecule has 6 heteroatoms. The van der Waals surface area contributed by atoms with Crippen molar-refractivity contribution in [1.29, 1.82) is 0 Å². The van der Waals surface area contributed by atoms with Gasteiger partial charge in [0, 0.05) is 0 Å². The van der Waals surface area contributed by atoms with E-state index in [-0.39, 0.29) is 0 Å². The highest BCUT2D eigenvalue weighted by molar-refractivity contribution is 5.82. The molecule has 0 radical (unpaired) electrons. The van der Waals surface area contributed by atoms with Crippen molar-refractivity contribution < 1.29 is 14.7 Å². The van der Waals surface area contributed by atoms with Gasteiger partial charge in [0.05, 0.1) is 5.69 Å². The van der Waals surface area contributed by atoms with E-state index >= 15 is 0 Å². The third-order valence-electron chi connectivity index (χ3n) is 1.72. The Bertz CT molecular complexity index is 403. The maximum Gasteiger partial charge on any atom is 0.360 e. The number of carbonyl (C=O) groups is 2. The number of carboxylic acid groups (broad SMARTS) is 1. The number of carbonyl (C=O) groups excluding carboxylic acids is 1. The van der Waals surface area contributed by atoms with Crippen LogP contribution in [0.3, 0.4) is 0 Å².